The fourth-order valence-electron chi connectivity index (χ4n) is 4.72. The number of halogens is 4. The number of nitrogens with zero attached hydrogens (tertiary/aromatic N) is 3. The number of alkyl halides is 3. The fourth-order valence-corrected chi connectivity index (χ4v) is 4.88. The number of carbonyl (C=O) groups excluding carboxylic acids is 2. The van der Waals surface area contributed by atoms with Crippen LogP contribution in [0.1, 0.15) is 69.9 Å². The van der Waals surface area contributed by atoms with Gasteiger partial charge in [0.2, 0.25) is 5.91 Å². The van der Waals surface area contributed by atoms with Crippen molar-refractivity contribution in [3.8, 4) is 5.69 Å². The van der Waals surface area contributed by atoms with Gasteiger partial charge in [-0.15, -0.1) is 0 Å². The average Bonchev–Trinajstić information content (AvgIpc) is 3.55. The molecular formula is C29H32ClF3N4O3. The Labute approximate surface area is 236 Å². The van der Waals surface area contributed by atoms with Crippen LogP contribution in [-0.4, -0.2) is 38.6 Å². The van der Waals surface area contributed by atoms with Crippen molar-refractivity contribution in [2.45, 2.75) is 70.6 Å². The highest BCUT2D eigenvalue weighted by atomic mass is 35.5. The molecule has 1 saturated carbocycles. The van der Waals surface area contributed by atoms with Gasteiger partial charge in [0, 0.05) is 0 Å². The van der Waals surface area contributed by atoms with Crippen LogP contribution >= 0.6 is 11.6 Å². The van der Waals surface area contributed by atoms with E-state index in [-0.39, 0.29) is 40.5 Å². The highest BCUT2D eigenvalue weighted by Crippen LogP contribution is 2.46. The molecule has 0 aliphatic heterocycles. The maximum atomic E-state index is 13.9. The van der Waals surface area contributed by atoms with E-state index in [0.29, 0.717) is 5.69 Å². The Hall–Kier alpha value is -3.40. The maximum Gasteiger partial charge on any atom is 0.392 e. The van der Waals surface area contributed by atoms with Gasteiger partial charge in [-0.3, -0.25) is 9.59 Å². The number of hydrogen-bond donors (Lipinski definition) is 1. The number of amides is 1. The van der Waals surface area contributed by atoms with Crippen molar-refractivity contribution in [1.29, 1.82) is 0 Å². The molecule has 1 heterocycles. The monoisotopic (exact) mass is 576 g/mol. The average molecular weight is 577 g/mol. The number of rotatable bonds is 9. The van der Waals surface area contributed by atoms with Crippen molar-refractivity contribution in [2.75, 3.05) is 5.32 Å². The largest absolute Gasteiger partial charge is 0.460 e. The SMILES string of the molecule is C[C@H]([C@@H](C(=O)Nc1cc([C@@H](CC(=O)OC(C)(C)C)C2CC2)ccc1Cl)c1ccc(-n2nccn2)cc1)C(F)(F)F. The third-order valence-corrected chi connectivity index (χ3v) is 7.20. The van der Waals surface area contributed by atoms with Gasteiger partial charge in [-0.2, -0.15) is 28.2 Å². The standard InChI is InChI=1S/C29H32ClF3N4O3/c1-17(29(31,32)33)26(19-7-10-21(11-8-19)37-34-13-14-35-37)27(39)36-24-15-20(9-12-23(24)30)22(18-5-6-18)16-25(38)40-28(2,3)4/h7-15,17-18,22,26H,5-6,16H2,1-4H3,(H,36,39)/t17-,22+,26-/m1/s1. The van der Waals surface area contributed by atoms with E-state index in [1.807, 2.05) is 0 Å². The molecule has 2 aromatic carbocycles. The first kappa shape index (κ1) is 29.6. The molecule has 7 nitrogen and oxygen atoms in total. The lowest BCUT2D eigenvalue weighted by Crippen LogP contribution is -2.34. The molecular weight excluding hydrogens is 545 g/mol. The first-order valence-electron chi connectivity index (χ1n) is 13.1. The predicted octanol–water partition coefficient (Wildman–Crippen LogP) is 7.07. The Balaban J connectivity index is 1.60. The van der Waals surface area contributed by atoms with E-state index in [1.165, 1.54) is 29.3 Å². The molecule has 3 aromatic rings. The summed E-state index contributed by atoms with van der Waals surface area (Å²) in [5.74, 6) is -4.58. The van der Waals surface area contributed by atoms with Crippen molar-refractivity contribution >= 4 is 29.2 Å². The molecule has 214 valence electrons. The van der Waals surface area contributed by atoms with Gasteiger partial charge in [0.05, 0.1) is 47.0 Å². The van der Waals surface area contributed by atoms with Gasteiger partial charge in [-0.1, -0.05) is 36.7 Å². The number of carbonyl (C=O) groups is 2. The summed E-state index contributed by atoms with van der Waals surface area (Å²) >= 11 is 6.39. The van der Waals surface area contributed by atoms with E-state index in [4.69, 9.17) is 16.3 Å². The molecule has 0 spiro atoms. The summed E-state index contributed by atoms with van der Waals surface area (Å²) in [7, 11) is 0. The molecule has 1 amide bonds. The second-order valence-corrected chi connectivity index (χ2v) is 11.6. The van der Waals surface area contributed by atoms with Gasteiger partial charge in [-0.25, -0.2) is 0 Å². The molecule has 1 aliphatic rings. The highest BCUT2D eigenvalue weighted by Gasteiger charge is 2.45. The molecule has 0 radical (unpaired) electrons. The van der Waals surface area contributed by atoms with Crippen molar-refractivity contribution in [3.05, 3.63) is 71.0 Å². The lowest BCUT2D eigenvalue weighted by atomic mass is 9.85. The van der Waals surface area contributed by atoms with Crippen LogP contribution in [0.15, 0.2) is 54.9 Å². The van der Waals surface area contributed by atoms with Crippen molar-refractivity contribution < 1.29 is 27.5 Å². The number of anilines is 1. The van der Waals surface area contributed by atoms with Crippen molar-refractivity contribution in [2.24, 2.45) is 11.8 Å². The molecule has 0 saturated heterocycles. The van der Waals surface area contributed by atoms with Crippen molar-refractivity contribution in [3.63, 3.8) is 0 Å². The van der Waals surface area contributed by atoms with Crippen LogP contribution in [0, 0.1) is 11.8 Å². The quantitative estimate of drug-likeness (QED) is 0.275. The minimum absolute atomic E-state index is 0.155. The molecule has 40 heavy (non-hydrogen) atoms. The molecule has 11 heteroatoms. The van der Waals surface area contributed by atoms with Gasteiger partial charge in [0.1, 0.15) is 5.60 Å². The molecule has 1 aromatic heterocycles. The molecule has 3 atom stereocenters. The zero-order chi connectivity index (χ0) is 29.2. The van der Waals surface area contributed by atoms with Crippen molar-refractivity contribution in [1.82, 2.24) is 15.0 Å². The molecule has 1 fully saturated rings. The number of ether oxygens (including phenoxy) is 1. The Bertz CT molecular complexity index is 1330. The van der Waals surface area contributed by atoms with E-state index in [1.54, 1.807) is 51.1 Å². The van der Waals surface area contributed by atoms with E-state index < -0.39 is 29.5 Å². The second-order valence-electron chi connectivity index (χ2n) is 11.2. The fraction of sp³-hybridized carbons (Fsp3) is 0.448. The van der Waals surface area contributed by atoms with Crippen LogP contribution in [0.25, 0.3) is 5.69 Å². The van der Waals surface area contributed by atoms with Gasteiger partial charge < -0.3 is 10.1 Å². The first-order valence-corrected chi connectivity index (χ1v) is 13.5. The van der Waals surface area contributed by atoms with Gasteiger partial charge in [0.15, 0.2) is 0 Å². The van der Waals surface area contributed by atoms with Crippen LogP contribution in [0.2, 0.25) is 5.02 Å². The summed E-state index contributed by atoms with van der Waals surface area (Å²) in [5, 5.41) is 10.8. The lowest BCUT2D eigenvalue weighted by molar-refractivity contribution is -0.178. The zero-order valence-corrected chi connectivity index (χ0v) is 23.5. The first-order chi connectivity index (χ1) is 18.7. The number of aromatic nitrogens is 3. The zero-order valence-electron chi connectivity index (χ0n) is 22.7. The molecule has 0 bridgehead atoms. The molecule has 1 aliphatic carbocycles. The van der Waals surface area contributed by atoms with Gasteiger partial charge in [0.25, 0.3) is 0 Å². The normalized spacial score (nSPS) is 16.2. The van der Waals surface area contributed by atoms with E-state index in [9.17, 15) is 22.8 Å². The summed E-state index contributed by atoms with van der Waals surface area (Å²) in [5.41, 5.74) is 1.06. The summed E-state index contributed by atoms with van der Waals surface area (Å²) in [4.78, 5) is 27.4. The van der Waals surface area contributed by atoms with Crippen LogP contribution in [-0.2, 0) is 14.3 Å². The number of nitrogens with one attached hydrogen (secondary N) is 1. The number of esters is 1. The number of hydrogen-bond acceptors (Lipinski definition) is 5. The van der Waals surface area contributed by atoms with Gasteiger partial charge in [-0.05, 0) is 80.8 Å². The highest BCUT2D eigenvalue weighted by molar-refractivity contribution is 6.33. The van der Waals surface area contributed by atoms with Crippen LogP contribution in [0.4, 0.5) is 18.9 Å². The Morgan fingerprint density at radius 3 is 2.20 bits per heavy atom. The van der Waals surface area contributed by atoms with Crippen LogP contribution in [0.5, 0.6) is 0 Å². The summed E-state index contributed by atoms with van der Waals surface area (Å²) in [6.45, 7) is 6.38. The van der Waals surface area contributed by atoms with E-state index >= 15 is 0 Å². The smallest absolute Gasteiger partial charge is 0.392 e. The topological polar surface area (TPSA) is 86.1 Å². The van der Waals surface area contributed by atoms with Crippen LogP contribution < -0.4 is 5.32 Å². The Kier molecular flexibility index (Phi) is 8.58. The third kappa shape index (κ3) is 7.41. The Morgan fingerprint density at radius 2 is 1.65 bits per heavy atom. The molecule has 1 N–H and O–H groups in total. The Morgan fingerprint density at radius 1 is 1.05 bits per heavy atom. The lowest BCUT2D eigenvalue weighted by Gasteiger charge is -2.26. The van der Waals surface area contributed by atoms with Gasteiger partial charge >= 0.3 is 12.1 Å². The predicted molar refractivity (Wildman–Crippen MR) is 145 cm³/mol. The minimum atomic E-state index is -4.62. The number of benzene rings is 2. The molecule has 0 unspecified atom stereocenters. The summed E-state index contributed by atoms with van der Waals surface area (Å²) < 4.78 is 47.2. The second kappa shape index (κ2) is 11.6. The maximum absolute atomic E-state index is 13.9. The minimum Gasteiger partial charge on any atom is -0.460 e. The summed E-state index contributed by atoms with van der Waals surface area (Å²) in [6, 6.07) is 11.1. The van der Waals surface area contributed by atoms with E-state index in [0.717, 1.165) is 25.3 Å². The third-order valence-electron chi connectivity index (χ3n) is 6.87. The van der Waals surface area contributed by atoms with E-state index in [2.05, 4.69) is 15.5 Å². The van der Waals surface area contributed by atoms with Crippen LogP contribution in [0.3, 0.4) is 0 Å². The molecule has 4 rings (SSSR count). The summed E-state index contributed by atoms with van der Waals surface area (Å²) in [6.07, 6.45) is 0.395.